The summed E-state index contributed by atoms with van der Waals surface area (Å²) in [5.41, 5.74) is 7.58. The number of hydrogen-bond donors (Lipinski definition) is 3. The molecule has 6 heteroatoms. The number of halogens is 1. The second kappa shape index (κ2) is 9.38. The molecule has 0 saturated heterocycles. The van der Waals surface area contributed by atoms with Gasteiger partial charge < -0.3 is 16.4 Å². The van der Waals surface area contributed by atoms with Crippen molar-refractivity contribution in [1.82, 2.24) is 5.32 Å². The van der Waals surface area contributed by atoms with E-state index in [1.54, 1.807) is 12.1 Å². The third-order valence-electron chi connectivity index (χ3n) is 5.71. The van der Waals surface area contributed by atoms with E-state index in [4.69, 9.17) is 5.73 Å². The number of hydrogen-bond acceptors (Lipinski definition) is 3. The lowest BCUT2D eigenvalue weighted by Gasteiger charge is -2.43. The number of carbonyl (C=O) groups excluding carboxylic acids is 2. The number of rotatable bonds is 5. The lowest BCUT2D eigenvalue weighted by Crippen LogP contribution is -2.48. The third kappa shape index (κ3) is 4.77. The second-order valence-electron chi connectivity index (χ2n) is 7.52. The van der Waals surface area contributed by atoms with Crippen LogP contribution in [-0.4, -0.2) is 24.4 Å². The molecule has 0 aromatic heterocycles. The van der Waals surface area contributed by atoms with E-state index in [9.17, 15) is 9.59 Å². The minimum atomic E-state index is -0.101. The Labute approximate surface area is 161 Å². The molecule has 0 heterocycles. The van der Waals surface area contributed by atoms with E-state index < -0.39 is 0 Å². The van der Waals surface area contributed by atoms with Crippen molar-refractivity contribution in [3.63, 3.8) is 0 Å². The van der Waals surface area contributed by atoms with Crippen molar-refractivity contribution in [2.75, 3.05) is 11.9 Å². The molecule has 1 aromatic carbocycles. The smallest absolute Gasteiger partial charge is 0.251 e. The quantitative estimate of drug-likeness (QED) is 0.733. The van der Waals surface area contributed by atoms with Crippen molar-refractivity contribution in [3.8, 4) is 0 Å². The Morgan fingerprint density at radius 1 is 1.19 bits per heavy atom. The van der Waals surface area contributed by atoms with E-state index in [0.29, 0.717) is 29.6 Å². The van der Waals surface area contributed by atoms with Crippen LogP contribution in [0, 0.1) is 17.8 Å². The van der Waals surface area contributed by atoms with Crippen LogP contribution < -0.4 is 16.4 Å². The first kappa shape index (κ1) is 20.7. The predicted octanol–water partition coefficient (Wildman–Crippen LogP) is 3.34. The van der Waals surface area contributed by atoms with E-state index in [2.05, 4.69) is 10.6 Å². The molecule has 2 aliphatic rings. The van der Waals surface area contributed by atoms with Crippen LogP contribution in [-0.2, 0) is 4.79 Å². The highest BCUT2D eigenvalue weighted by Gasteiger charge is 2.40. The molecule has 2 atom stereocenters. The molecule has 4 N–H and O–H groups in total. The molecule has 2 saturated carbocycles. The van der Waals surface area contributed by atoms with Crippen molar-refractivity contribution in [1.29, 1.82) is 0 Å². The number of amides is 2. The first-order valence-electron chi connectivity index (χ1n) is 9.53. The Hall–Kier alpha value is -1.59. The van der Waals surface area contributed by atoms with E-state index in [0.717, 1.165) is 32.1 Å². The molecule has 3 rings (SSSR count). The molecular formula is C20H30ClN3O2. The number of anilines is 1. The summed E-state index contributed by atoms with van der Waals surface area (Å²) in [7, 11) is 0. The van der Waals surface area contributed by atoms with Gasteiger partial charge in [0.1, 0.15) is 0 Å². The van der Waals surface area contributed by atoms with Gasteiger partial charge in [0.25, 0.3) is 5.91 Å². The van der Waals surface area contributed by atoms with E-state index in [-0.39, 0.29) is 36.2 Å². The highest BCUT2D eigenvalue weighted by molar-refractivity contribution is 5.97. The lowest BCUT2D eigenvalue weighted by molar-refractivity contribution is -0.122. The highest BCUT2D eigenvalue weighted by Crippen LogP contribution is 2.42. The monoisotopic (exact) mass is 379 g/mol. The zero-order valence-corrected chi connectivity index (χ0v) is 16.2. The number of nitrogens with one attached hydrogen (secondary N) is 2. The van der Waals surface area contributed by atoms with Gasteiger partial charge in [-0.15, -0.1) is 12.4 Å². The van der Waals surface area contributed by atoms with Crippen molar-refractivity contribution in [2.24, 2.45) is 23.5 Å². The number of carbonyl (C=O) groups is 2. The Morgan fingerprint density at radius 2 is 1.88 bits per heavy atom. The molecule has 2 aliphatic carbocycles. The Bertz CT molecular complexity index is 623. The molecule has 5 nitrogen and oxygen atoms in total. The van der Waals surface area contributed by atoms with E-state index in [1.165, 1.54) is 6.42 Å². The van der Waals surface area contributed by atoms with Crippen molar-refractivity contribution < 1.29 is 9.59 Å². The average Bonchev–Trinajstić information content (AvgIpc) is 2.59. The van der Waals surface area contributed by atoms with Crippen molar-refractivity contribution in [3.05, 3.63) is 29.8 Å². The predicted molar refractivity (Wildman–Crippen MR) is 106 cm³/mol. The molecule has 2 unspecified atom stereocenters. The highest BCUT2D eigenvalue weighted by atomic mass is 35.5. The van der Waals surface area contributed by atoms with Crippen molar-refractivity contribution >= 4 is 29.9 Å². The van der Waals surface area contributed by atoms with Gasteiger partial charge in [-0.25, -0.2) is 0 Å². The van der Waals surface area contributed by atoms with Gasteiger partial charge in [-0.1, -0.05) is 19.4 Å². The van der Waals surface area contributed by atoms with Crippen LogP contribution in [0.15, 0.2) is 24.3 Å². The summed E-state index contributed by atoms with van der Waals surface area (Å²) in [6.45, 7) is 2.67. The van der Waals surface area contributed by atoms with Gasteiger partial charge in [0.2, 0.25) is 5.91 Å². The van der Waals surface area contributed by atoms with Gasteiger partial charge in [0.15, 0.2) is 0 Å². The molecule has 2 bridgehead atoms. The van der Waals surface area contributed by atoms with Crippen LogP contribution in [0.1, 0.15) is 55.8 Å². The zero-order chi connectivity index (χ0) is 17.8. The molecular weight excluding hydrogens is 350 g/mol. The maximum absolute atomic E-state index is 12.7. The minimum Gasteiger partial charge on any atom is -0.352 e. The van der Waals surface area contributed by atoms with Crippen LogP contribution in [0.3, 0.4) is 0 Å². The molecule has 1 aromatic rings. The summed E-state index contributed by atoms with van der Waals surface area (Å²) < 4.78 is 0. The topological polar surface area (TPSA) is 84.2 Å². The van der Waals surface area contributed by atoms with Crippen LogP contribution in [0.5, 0.6) is 0 Å². The molecule has 144 valence electrons. The summed E-state index contributed by atoms with van der Waals surface area (Å²) in [4.78, 5) is 24.8. The first-order valence-corrected chi connectivity index (χ1v) is 9.53. The van der Waals surface area contributed by atoms with Gasteiger partial charge in [-0.2, -0.15) is 0 Å². The number of benzene rings is 1. The summed E-state index contributed by atoms with van der Waals surface area (Å²) >= 11 is 0. The summed E-state index contributed by atoms with van der Waals surface area (Å²) in [6, 6.07) is 7.43. The molecule has 2 fully saturated rings. The first-order chi connectivity index (χ1) is 12.1. The normalized spacial score (nSPS) is 27.2. The largest absolute Gasteiger partial charge is 0.352 e. The maximum Gasteiger partial charge on any atom is 0.251 e. The molecule has 0 spiro atoms. The summed E-state index contributed by atoms with van der Waals surface area (Å²) in [6.07, 6.45) is 6.21. The fraction of sp³-hybridized carbons (Fsp3) is 0.600. The molecule has 2 amide bonds. The summed E-state index contributed by atoms with van der Waals surface area (Å²) in [5.74, 6) is 0.961. The molecule has 26 heavy (non-hydrogen) atoms. The Balaban J connectivity index is 0.00000243. The minimum absolute atomic E-state index is 0. The maximum atomic E-state index is 12.7. The van der Waals surface area contributed by atoms with Crippen LogP contribution in [0.2, 0.25) is 0 Å². The van der Waals surface area contributed by atoms with Crippen molar-refractivity contribution in [2.45, 2.75) is 51.5 Å². The standard InChI is InChI=1S/C20H29N3O2.ClH/c1-2-9-22-19(24)15-7-4-8-17(12-15)23-20(25)16-10-13-5-3-6-14(11-16)18(13)21;/h4,7-8,12-14,16,18H,2-3,5-6,9-11,21H2,1H3,(H,22,24)(H,23,25);1H. The van der Waals surface area contributed by atoms with Crippen LogP contribution in [0.25, 0.3) is 0 Å². The zero-order valence-electron chi connectivity index (χ0n) is 15.4. The van der Waals surface area contributed by atoms with Gasteiger partial charge >= 0.3 is 0 Å². The van der Waals surface area contributed by atoms with Crippen LogP contribution in [0.4, 0.5) is 5.69 Å². The summed E-state index contributed by atoms with van der Waals surface area (Å²) in [5, 5.41) is 5.87. The third-order valence-corrected chi connectivity index (χ3v) is 5.71. The fourth-order valence-corrected chi connectivity index (χ4v) is 4.33. The lowest BCUT2D eigenvalue weighted by atomic mass is 9.65. The number of fused-ring (bicyclic) bond motifs is 2. The van der Waals surface area contributed by atoms with E-state index >= 15 is 0 Å². The fourth-order valence-electron chi connectivity index (χ4n) is 4.33. The molecule has 0 aliphatic heterocycles. The molecule has 0 radical (unpaired) electrons. The Morgan fingerprint density at radius 3 is 2.54 bits per heavy atom. The van der Waals surface area contributed by atoms with Crippen LogP contribution >= 0.6 is 12.4 Å². The number of nitrogens with two attached hydrogens (primary N) is 1. The SMILES string of the molecule is CCCNC(=O)c1cccc(NC(=O)C2CC3CCCC(C2)C3N)c1.Cl. The van der Waals surface area contributed by atoms with Gasteiger partial charge in [-0.05, 0) is 62.1 Å². The van der Waals surface area contributed by atoms with Gasteiger partial charge in [0.05, 0.1) is 0 Å². The Kier molecular flexibility index (Phi) is 7.47. The van der Waals surface area contributed by atoms with Gasteiger partial charge in [0, 0.05) is 29.8 Å². The second-order valence-corrected chi connectivity index (χ2v) is 7.52. The average molecular weight is 380 g/mol. The van der Waals surface area contributed by atoms with Gasteiger partial charge in [-0.3, -0.25) is 9.59 Å². The van der Waals surface area contributed by atoms with E-state index in [1.807, 2.05) is 19.1 Å².